The van der Waals surface area contributed by atoms with Crippen molar-refractivity contribution in [1.82, 2.24) is 14.7 Å². The number of hydrogen-bond donors (Lipinski definition) is 0. The van der Waals surface area contributed by atoms with Gasteiger partial charge in [0, 0.05) is 31.9 Å². The quantitative estimate of drug-likeness (QED) is 0.562. The van der Waals surface area contributed by atoms with Gasteiger partial charge in [0.25, 0.3) is 0 Å². The van der Waals surface area contributed by atoms with Crippen molar-refractivity contribution in [1.29, 1.82) is 0 Å². The summed E-state index contributed by atoms with van der Waals surface area (Å²) in [6, 6.07) is 0.681. The van der Waals surface area contributed by atoms with Gasteiger partial charge in [-0.15, -0.1) is 0 Å². The fourth-order valence-corrected chi connectivity index (χ4v) is 3.74. The zero-order chi connectivity index (χ0) is 17.4. The monoisotopic (exact) mass is 331 g/mol. The molecule has 2 heterocycles. The molecule has 0 aliphatic carbocycles. The van der Waals surface area contributed by atoms with Crippen LogP contribution in [0.25, 0.3) is 0 Å². The van der Waals surface area contributed by atoms with Gasteiger partial charge >= 0.3 is 0 Å². The van der Waals surface area contributed by atoms with Gasteiger partial charge in [0.1, 0.15) is 0 Å². The van der Waals surface area contributed by atoms with Crippen molar-refractivity contribution in [3.63, 3.8) is 0 Å². The number of rotatable bonds is 10. The lowest BCUT2D eigenvalue weighted by atomic mass is 10.1. The van der Waals surface area contributed by atoms with Crippen molar-refractivity contribution in [3.8, 4) is 0 Å². The maximum Gasteiger partial charge on any atom is 0.0293 e. The molecule has 0 N–H and O–H groups in total. The van der Waals surface area contributed by atoms with Crippen molar-refractivity contribution < 1.29 is 0 Å². The SMILES string of the molecule is C=C/C(=C\C(=C)N(C)CCC(C)N1CCCC1)CCN1CCCC1. The van der Waals surface area contributed by atoms with Gasteiger partial charge in [-0.2, -0.15) is 0 Å². The minimum atomic E-state index is 0.681. The van der Waals surface area contributed by atoms with E-state index in [1.807, 2.05) is 6.08 Å². The van der Waals surface area contributed by atoms with Crippen LogP contribution in [-0.4, -0.2) is 67.1 Å². The average Bonchev–Trinajstić information content (AvgIpc) is 3.29. The van der Waals surface area contributed by atoms with E-state index in [0.717, 1.165) is 25.2 Å². The Kier molecular flexibility index (Phi) is 8.07. The topological polar surface area (TPSA) is 9.72 Å². The number of allylic oxidation sites excluding steroid dienone is 2. The molecule has 0 radical (unpaired) electrons. The van der Waals surface area contributed by atoms with Crippen LogP contribution in [0.5, 0.6) is 0 Å². The van der Waals surface area contributed by atoms with Crippen molar-refractivity contribution >= 4 is 0 Å². The Hall–Kier alpha value is -1.06. The summed E-state index contributed by atoms with van der Waals surface area (Å²) in [6.07, 6.45) is 12.0. The van der Waals surface area contributed by atoms with Gasteiger partial charge < -0.3 is 14.7 Å². The van der Waals surface area contributed by atoms with Crippen LogP contribution in [0.2, 0.25) is 0 Å². The van der Waals surface area contributed by atoms with Crippen molar-refractivity contribution in [2.75, 3.05) is 46.3 Å². The van der Waals surface area contributed by atoms with Gasteiger partial charge in [-0.3, -0.25) is 0 Å². The van der Waals surface area contributed by atoms with E-state index in [9.17, 15) is 0 Å². The average molecular weight is 332 g/mol. The van der Waals surface area contributed by atoms with E-state index in [2.05, 4.69) is 47.9 Å². The Morgan fingerprint density at radius 3 is 2.38 bits per heavy atom. The molecule has 0 amide bonds. The Bertz CT molecular complexity index is 428. The molecule has 3 nitrogen and oxygen atoms in total. The largest absolute Gasteiger partial charge is 0.375 e. The lowest BCUT2D eigenvalue weighted by molar-refractivity contribution is 0.230. The Balaban J connectivity index is 1.73. The molecule has 0 aromatic carbocycles. The van der Waals surface area contributed by atoms with Crippen LogP contribution in [-0.2, 0) is 0 Å². The highest BCUT2D eigenvalue weighted by atomic mass is 15.2. The lowest BCUT2D eigenvalue weighted by Gasteiger charge is -2.27. The Morgan fingerprint density at radius 1 is 1.12 bits per heavy atom. The zero-order valence-electron chi connectivity index (χ0n) is 16.0. The van der Waals surface area contributed by atoms with E-state index < -0.39 is 0 Å². The van der Waals surface area contributed by atoms with Gasteiger partial charge in [-0.05, 0) is 83.3 Å². The second-order valence-electron chi connectivity index (χ2n) is 7.52. The highest BCUT2D eigenvalue weighted by Gasteiger charge is 2.18. The molecule has 136 valence electrons. The summed E-state index contributed by atoms with van der Waals surface area (Å²) >= 11 is 0. The van der Waals surface area contributed by atoms with Crippen LogP contribution in [0.4, 0.5) is 0 Å². The third-order valence-electron chi connectivity index (χ3n) is 5.67. The fraction of sp³-hybridized carbons (Fsp3) is 0.714. The van der Waals surface area contributed by atoms with Gasteiger partial charge in [0.05, 0.1) is 0 Å². The summed E-state index contributed by atoms with van der Waals surface area (Å²) in [6.45, 7) is 17.9. The molecule has 24 heavy (non-hydrogen) atoms. The van der Waals surface area contributed by atoms with E-state index >= 15 is 0 Å². The number of hydrogen-bond acceptors (Lipinski definition) is 3. The van der Waals surface area contributed by atoms with E-state index in [0.29, 0.717) is 6.04 Å². The molecule has 2 fully saturated rings. The van der Waals surface area contributed by atoms with E-state index in [1.165, 1.54) is 63.9 Å². The summed E-state index contributed by atoms with van der Waals surface area (Å²) in [5.41, 5.74) is 2.42. The third-order valence-corrected chi connectivity index (χ3v) is 5.67. The smallest absolute Gasteiger partial charge is 0.0293 e. The first-order valence-electron chi connectivity index (χ1n) is 9.79. The fourth-order valence-electron chi connectivity index (χ4n) is 3.74. The van der Waals surface area contributed by atoms with Gasteiger partial charge in [-0.1, -0.05) is 19.2 Å². The van der Waals surface area contributed by atoms with Crippen LogP contribution in [0, 0.1) is 0 Å². The molecule has 2 aliphatic heterocycles. The lowest BCUT2D eigenvalue weighted by Crippen LogP contribution is -2.33. The number of nitrogens with zero attached hydrogens (tertiary/aromatic N) is 3. The zero-order valence-corrected chi connectivity index (χ0v) is 16.0. The molecule has 0 bridgehead atoms. The Morgan fingerprint density at radius 2 is 1.75 bits per heavy atom. The summed E-state index contributed by atoms with van der Waals surface area (Å²) in [5, 5.41) is 0. The van der Waals surface area contributed by atoms with Crippen molar-refractivity contribution in [2.45, 2.75) is 51.5 Å². The van der Waals surface area contributed by atoms with Crippen LogP contribution >= 0.6 is 0 Å². The van der Waals surface area contributed by atoms with Gasteiger partial charge in [0.15, 0.2) is 0 Å². The highest BCUT2D eigenvalue weighted by Crippen LogP contribution is 2.16. The molecule has 1 unspecified atom stereocenters. The summed E-state index contributed by atoms with van der Waals surface area (Å²) in [7, 11) is 2.16. The van der Waals surface area contributed by atoms with Crippen LogP contribution in [0.3, 0.4) is 0 Å². The van der Waals surface area contributed by atoms with Gasteiger partial charge in [-0.25, -0.2) is 0 Å². The second-order valence-corrected chi connectivity index (χ2v) is 7.52. The second kappa shape index (κ2) is 10.0. The van der Waals surface area contributed by atoms with E-state index in [-0.39, 0.29) is 0 Å². The first-order chi connectivity index (χ1) is 11.6. The number of likely N-dealkylation sites (N-methyl/N-ethyl adjacent to an activating group) is 1. The molecular weight excluding hydrogens is 294 g/mol. The van der Waals surface area contributed by atoms with Gasteiger partial charge in [0.2, 0.25) is 0 Å². The molecular formula is C21H37N3. The first-order valence-corrected chi connectivity index (χ1v) is 9.79. The predicted octanol–water partition coefficient (Wildman–Crippen LogP) is 3.90. The molecule has 0 aromatic rings. The van der Waals surface area contributed by atoms with E-state index in [4.69, 9.17) is 0 Å². The predicted molar refractivity (Wildman–Crippen MR) is 105 cm³/mol. The molecule has 0 aromatic heterocycles. The third kappa shape index (κ3) is 6.10. The molecule has 1 atom stereocenters. The minimum Gasteiger partial charge on any atom is -0.375 e. The summed E-state index contributed by atoms with van der Waals surface area (Å²) in [4.78, 5) is 7.48. The van der Waals surface area contributed by atoms with Crippen LogP contribution in [0.1, 0.15) is 45.4 Å². The van der Waals surface area contributed by atoms with Crippen molar-refractivity contribution in [2.24, 2.45) is 0 Å². The van der Waals surface area contributed by atoms with Crippen LogP contribution < -0.4 is 0 Å². The maximum absolute atomic E-state index is 4.27. The molecule has 2 rings (SSSR count). The summed E-state index contributed by atoms with van der Waals surface area (Å²) in [5.74, 6) is 0. The molecule has 3 heteroatoms. The van der Waals surface area contributed by atoms with Crippen molar-refractivity contribution in [3.05, 3.63) is 36.6 Å². The molecule has 0 saturated carbocycles. The standard InChI is InChI=1S/C21H37N3/c1-5-21(11-17-23-12-6-7-13-23)18-20(3)22(4)16-10-19(2)24-14-8-9-15-24/h5,18-19H,1,3,6-17H2,2,4H3/b21-18+. The number of likely N-dealkylation sites (tertiary alicyclic amines) is 2. The minimum absolute atomic E-state index is 0.681. The molecule has 0 spiro atoms. The highest BCUT2D eigenvalue weighted by molar-refractivity contribution is 5.26. The first kappa shape index (κ1) is 19.3. The van der Waals surface area contributed by atoms with E-state index in [1.54, 1.807) is 0 Å². The Labute approximate surface area is 149 Å². The molecule has 2 saturated heterocycles. The normalized spacial score (nSPS) is 21.2. The maximum atomic E-state index is 4.27. The molecule has 2 aliphatic rings. The summed E-state index contributed by atoms with van der Waals surface area (Å²) < 4.78 is 0. The van der Waals surface area contributed by atoms with Crippen LogP contribution in [0.15, 0.2) is 36.6 Å².